The van der Waals surface area contributed by atoms with Gasteiger partial charge in [0.1, 0.15) is 0 Å². The first kappa shape index (κ1) is 14.4. The van der Waals surface area contributed by atoms with Crippen LogP contribution in [0.3, 0.4) is 0 Å². The van der Waals surface area contributed by atoms with Gasteiger partial charge in [-0.25, -0.2) is 0 Å². The summed E-state index contributed by atoms with van der Waals surface area (Å²) >= 11 is 0. The van der Waals surface area contributed by atoms with Gasteiger partial charge in [-0.05, 0) is 27.1 Å². The number of nitrogens with zero attached hydrogens (tertiary/aromatic N) is 1. The molecular weight excluding hydrogens is 148 g/mol. The molecule has 1 unspecified atom stereocenters. The number of hydrogen-bond donors (Lipinski definition) is 1. The fraction of sp³-hybridized carbons (Fsp3) is 1.00. The van der Waals surface area contributed by atoms with Gasteiger partial charge in [-0.3, -0.25) is 0 Å². The van der Waals surface area contributed by atoms with Gasteiger partial charge in [-0.1, -0.05) is 27.7 Å². The Morgan fingerprint density at radius 2 is 1.67 bits per heavy atom. The highest BCUT2D eigenvalue weighted by molar-refractivity contribution is 4.76. The molecule has 76 valence electrons. The van der Waals surface area contributed by atoms with Crippen molar-refractivity contribution in [2.45, 2.75) is 40.2 Å². The van der Waals surface area contributed by atoms with Gasteiger partial charge in [0, 0.05) is 12.6 Å². The summed E-state index contributed by atoms with van der Waals surface area (Å²) in [5, 5.41) is 3.25. The Hall–Kier alpha value is -0.0800. The van der Waals surface area contributed by atoms with Crippen molar-refractivity contribution >= 4 is 0 Å². The summed E-state index contributed by atoms with van der Waals surface area (Å²) in [7, 11) is 4.20. The first-order valence-electron chi connectivity index (χ1n) is 5.18. The Labute approximate surface area is 78.3 Å². The van der Waals surface area contributed by atoms with E-state index in [9.17, 15) is 0 Å². The van der Waals surface area contributed by atoms with Crippen molar-refractivity contribution < 1.29 is 0 Å². The summed E-state index contributed by atoms with van der Waals surface area (Å²) in [6.45, 7) is 10.5. The van der Waals surface area contributed by atoms with Gasteiger partial charge in [0.15, 0.2) is 0 Å². The standard InChI is InChI=1S/C6H14N2.2C2H6/c1-7-6-3-4-8(2)5-6;2*1-2/h6-7H,3-5H2,1-2H3;2*1-2H3. The van der Waals surface area contributed by atoms with E-state index in [2.05, 4.69) is 17.3 Å². The molecule has 1 N–H and O–H groups in total. The number of likely N-dealkylation sites (N-methyl/N-ethyl adjacent to an activating group) is 2. The highest BCUT2D eigenvalue weighted by atomic mass is 15.2. The Kier molecular flexibility index (Phi) is 13.1. The maximum atomic E-state index is 3.25. The van der Waals surface area contributed by atoms with Gasteiger partial charge in [0.05, 0.1) is 0 Å². The van der Waals surface area contributed by atoms with E-state index in [0.29, 0.717) is 0 Å². The van der Waals surface area contributed by atoms with Crippen LogP contribution in [-0.4, -0.2) is 38.1 Å². The van der Waals surface area contributed by atoms with Crippen molar-refractivity contribution in [1.29, 1.82) is 0 Å². The lowest BCUT2D eigenvalue weighted by Crippen LogP contribution is -2.27. The Balaban J connectivity index is 0. The molecule has 0 radical (unpaired) electrons. The van der Waals surface area contributed by atoms with Gasteiger partial charge in [0.2, 0.25) is 0 Å². The molecule has 1 aliphatic rings. The number of nitrogens with one attached hydrogen (secondary N) is 1. The van der Waals surface area contributed by atoms with E-state index < -0.39 is 0 Å². The lowest BCUT2D eigenvalue weighted by molar-refractivity contribution is 0.403. The van der Waals surface area contributed by atoms with E-state index in [-0.39, 0.29) is 0 Å². The molecule has 0 saturated carbocycles. The fourth-order valence-corrected chi connectivity index (χ4v) is 1.17. The molecule has 0 bridgehead atoms. The van der Waals surface area contributed by atoms with Crippen LogP contribution >= 0.6 is 0 Å². The third-order valence-electron chi connectivity index (χ3n) is 1.80. The van der Waals surface area contributed by atoms with Crippen LogP contribution in [0.25, 0.3) is 0 Å². The second-order valence-corrected chi connectivity index (χ2v) is 2.54. The van der Waals surface area contributed by atoms with Gasteiger partial charge >= 0.3 is 0 Å². The predicted molar refractivity (Wildman–Crippen MR) is 57.7 cm³/mol. The first-order chi connectivity index (χ1) is 5.83. The normalized spacial score (nSPS) is 22.0. The van der Waals surface area contributed by atoms with Crippen molar-refractivity contribution in [3.8, 4) is 0 Å². The predicted octanol–water partition coefficient (Wildman–Crippen LogP) is 1.96. The molecule has 12 heavy (non-hydrogen) atoms. The molecule has 2 heteroatoms. The van der Waals surface area contributed by atoms with E-state index >= 15 is 0 Å². The summed E-state index contributed by atoms with van der Waals surface area (Å²) in [4.78, 5) is 2.35. The van der Waals surface area contributed by atoms with E-state index in [4.69, 9.17) is 0 Å². The molecule has 1 aliphatic heterocycles. The van der Waals surface area contributed by atoms with Crippen molar-refractivity contribution in [2.75, 3.05) is 27.2 Å². The minimum absolute atomic E-state index is 0.750. The number of rotatable bonds is 1. The largest absolute Gasteiger partial charge is 0.316 e. The highest BCUT2D eigenvalue weighted by Crippen LogP contribution is 2.04. The molecule has 0 amide bonds. The Morgan fingerprint density at radius 1 is 1.17 bits per heavy atom. The average molecular weight is 174 g/mol. The quantitative estimate of drug-likeness (QED) is 0.654. The highest BCUT2D eigenvalue weighted by Gasteiger charge is 2.16. The maximum absolute atomic E-state index is 3.25. The third-order valence-corrected chi connectivity index (χ3v) is 1.80. The fourth-order valence-electron chi connectivity index (χ4n) is 1.17. The molecule has 1 rings (SSSR count). The second kappa shape index (κ2) is 10.9. The van der Waals surface area contributed by atoms with Gasteiger partial charge in [0.25, 0.3) is 0 Å². The third kappa shape index (κ3) is 6.62. The van der Waals surface area contributed by atoms with E-state index in [1.165, 1.54) is 19.5 Å². The van der Waals surface area contributed by atoms with Crippen molar-refractivity contribution in [3.63, 3.8) is 0 Å². The van der Waals surface area contributed by atoms with Crippen molar-refractivity contribution in [3.05, 3.63) is 0 Å². The summed E-state index contributed by atoms with van der Waals surface area (Å²) in [6, 6.07) is 0.750. The molecule has 0 aromatic rings. The molecule has 0 aliphatic carbocycles. The molecule has 1 fully saturated rings. The molecule has 1 atom stereocenters. The van der Waals surface area contributed by atoms with Gasteiger partial charge < -0.3 is 10.2 Å². The first-order valence-corrected chi connectivity index (χ1v) is 5.18. The zero-order chi connectivity index (χ0) is 9.98. The van der Waals surface area contributed by atoms with Crippen LogP contribution in [0.5, 0.6) is 0 Å². The van der Waals surface area contributed by atoms with Crippen LogP contribution in [0.4, 0.5) is 0 Å². The molecule has 0 spiro atoms. The van der Waals surface area contributed by atoms with Crippen LogP contribution in [0.15, 0.2) is 0 Å². The van der Waals surface area contributed by atoms with Crippen LogP contribution < -0.4 is 5.32 Å². The summed E-state index contributed by atoms with van der Waals surface area (Å²) < 4.78 is 0. The minimum atomic E-state index is 0.750. The molecule has 2 nitrogen and oxygen atoms in total. The van der Waals surface area contributed by atoms with E-state index in [1.54, 1.807) is 0 Å². The Morgan fingerprint density at radius 3 is 1.83 bits per heavy atom. The van der Waals surface area contributed by atoms with E-state index in [1.807, 2.05) is 34.7 Å². The van der Waals surface area contributed by atoms with Gasteiger partial charge in [-0.15, -0.1) is 0 Å². The van der Waals surface area contributed by atoms with Crippen LogP contribution in [0, 0.1) is 0 Å². The molecule has 0 aromatic heterocycles. The lowest BCUT2D eigenvalue weighted by atomic mass is 10.3. The second-order valence-electron chi connectivity index (χ2n) is 2.54. The Bertz CT molecular complexity index is 74.2. The van der Waals surface area contributed by atoms with Crippen LogP contribution in [-0.2, 0) is 0 Å². The van der Waals surface area contributed by atoms with Crippen LogP contribution in [0.1, 0.15) is 34.1 Å². The summed E-state index contributed by atoms with van der Waals surface area (Å²) in [6.07, 6.45) is 1.31. The molecule has 1 heterocycles. The lowest BCUT2D eigenvalue weighted by Gasteiger charge is -2.07. The molecule has 0 aromatic carbocycles. The molecule has 1 saturated heterocycles. The monoisotopic (exact) mass is 174 g/mol. The zero-order valence-corrected chi connectivity index (χ0v) is 9.65. The van der Waals surface area contributed by atoms with Gasteiger partial charge in [-0.2, -0.15) is 0 Å². The summed E-state index contributed by atoms with van der Waals surface area (Å²) in [5.41, 5.74) is 0. The van der Waals surface area contributed by atoms with Crippen molar-refractivity contribution in [1.82, 2.24) is 10.2 Å². The van der Waals surface area contributed by atoms with Crippen molar-refractivity contribution in [2.24, 2.45) is 0 Å². The topological polar surface area (TPSA) is 15.3 Å². The SMILES string of the molecule is CC.CC.CNC1CCN(C)C1. The maximum Gasteiger partial charge on any atom is 0.0204 e. The van der Waals surface area contributed by atoms with Crippen LogP contribution in [0.2, 0.25) is 0 Å². The zero-order valence-electron chi connectivity index (χ0n) is 9.65. The molecular formula is C10H26N2. The number of likely N-dealkylation sites (tertiary alicyclic amines) is 1. The number of hydrogen-bond acceptors (Lipinski definition) is 2. The summed E-state index contributed by atoms with van der Waals surface area (Å²) in [5.74, 6) is 0. The average Bonchev–Trinajstić information content (AvgIpc) is 2.58. The minimum Gasteiger partial charge on any atom is -0.316 e. The van der Waals surface area contributed by atoms with E-state index in [0.717, 1.165) is 6.04 Å². The smallest absolute Gasteiger partial charge is 0.0204 e.